The van der Waals surface area contributed by atoms with Crippen molar-refractivity contribution in [3.63, 3.8) is 0 Å². The lowest BCUT2D eigenvalue weighted by molar-refractivity contribution is 0.625. The number of halogens is 1. The van der Waals surface area contributed by atoms with E-state index in [-0.39, 0.29) is 11.9 Å². The first-order valence-corrected chi connectivity index (χ1v) is 7.27. The first kappa shape index (κ1) is 13.6. The summed E-state index contributed by atoms with van der Waals surface area (Å²) in [6.07, 6.45) is 0.939. The van der Waals surface area contributed by atoms with Crippen molar-refractivity contribution < 1.29 is 4.39 Å². The van der Waals surface area contributed by atoms with Crippen LogP contribution in [0.15, 0.2) is 66.7 Å². The van der Waals surface area contributed by atoms with E-state index in [1.54, 1.807) is 0 Å². The molecule has 0 fully saturated rings. The predicted octanol–water partition coefficient (Wildman–Crippen LogP) is 5.54. The van der Waals surface area contributed by atoms with Gasteiger partial charge in [0.25, 0.3) is 0 Å². The van der Waals surface area contributed by atoms with Crippen molar-refractivity contribution in [2.24, 2.45) is 0 Å². The molecule has 0 bridgehead atoms. The Morgan fingerprint density at radius 2 is 1.62 bits per heavy atom. The van der Waals surface area contributed by atoms with Crippen LogP contribution in [-0.2, 0) is 0 Å². The molecule has 21 heavy (non-hydrogen) atoms. The smallest absolute Gasteiger partial charge is 0.123 e. The number of nitrogens with one attached hydrogen (secondary N) is 1. The van der Waals surface area contributed by atoms with E-state index in [9.17, 15) is 4.39 Å². The van der Waals surface area contributed by atoms with Gasteiger partial charge in [-0.1, -0.05) is 55.5 Å². The highest BCUT2D eigenvalue weighted by Gasteiger charge is 2.10. The summed E-state index contributed by atoms with van der Waals surface area (Å²) >= 11 is 0. The fraction of sp³-hybridized carbons (Fsp3) is 0.158. The molecule has 1 unspecified atom stereocenters. The van der Waals surface area contributed by atoms with Gasteiger partial charge >= 0.3 is 0 Å². The molecule has 0 saturated carbocycles. The van der Waals surface area contributed by atoms with Gasteiger partial charge in [0.05, 0.1) is 6.04 Å². The molecule has 0 aliphatic carbocycles. The van der Waals surface area contributed by atoms with Gasteiger partial charge < -0.3 is 5.32 Å². The third kappa shape index (κ3) is 2.89. The number of rotatable bonds is 4. The summed E-state index contributed by atoms with van der Waals surface area (Å²) in [7, 11) is 0. The molecule has 2 heteroatoms. The first-order valence-electron chi connectivity index (χ1n) is 7.27. The van der Waals surface area contributed by atoms with Gasteiger partial charge in [-0.3, -0.25) is 0 Å². The molecule has 0 spiro atoms. The highest BCUT2D eigenvalue weighted by Crippen LogP contribution is 2.28. The van der Waals surface area contributed by atoms with Gasteiger partial charge in [0.15, 0.2) is 0 Å². The normalized spacial score (nSPS) is 12.3. The predicted molar refractivity (Wildman–Crippen MR) is 87.0 cm³/mol. The maximum absolute atomic E-state index is 13.1. The van der Waals surface area contributed by atoms with Crippen LogP contribution >= 0.6 is 0 Å². The third-order valence-corrected chi connectivity index (χ3v) is 3.80. The van der Waals surface area contributed by atoms with E-state index >= 15 is 0 Å². The summed E-state index contributed by atoms with van der Waals surface area (Å²) < 4.78 is 13.1. The molecular weight excluding hydrogens is 261 g/mol. The summed E-state index contributed by atoms with van der Waals surface area (Å²) in [5.74, 6) is -0.196. The van der Waals surface area contributed by atoms with Crippen molar-refractivity contribution in [2.45, 2.75) is 19.4 Å². The second-order valence-electron chi connectivity index (χ2n) is 5.18. The molecule has 1 N–H and O–H groups in total. The number of fused-ring (bicyclic) bond motifs is 1. The number of benzene rings is 3. The van der Waals surface area contributed by atoms with Gasteiger partial charge in [-0.05, 0) is 35.6 Å². The van der Waals surface area contributed by atoms with Crippen LogP contribution in [0.25, 0.3) is 10.8 Å². The Labute approximate surface area is 124 Å². The van der Waals surface area contributed by atoms with Gasteiger partial charge in [-0.15, -0.1) is 0 Å². The second kappa shape index (κ2) is 5.96. The third-order valence-electron chi connectivity index (χ3n) is 3.80. The van der Waals surface area contributed by atoms with Gasteiger partial charge in [0, 0.05) is 11.1 Å². The fourth-order valence-electron chi connectivity index (χ4n) is 2.66. The van der Waals surface area contributed by atoms with Gasteiger partial charge in [0.2, 0.25) is 0 Å². The Balaban J connectivity index is 1.94. The molecule has 3 aromatic carbocycles. The minimum absolute atomic E-state index is 0.177. The van der Waals surface area contributed by atoms with Crippen molar-refractivity contribution in [2.75, 3.05) is 5.32 Å². The van der Waals surface area contributed by atoms with E-state index in [0.29, 0.717) is 0 Å². The largest absolute Gasteiger partial charge is 0.378 e. The average Bonchev–Trinajstić information content (AvgIpc) is 2.54. The van der Waals surface area contributed by atoms with Crippen molar-refractivity contribution in [3.8, 4) is 0 Å². The van der Waals surface area contributed by atoms with E-state index < -0.39 is 0 Å². The lowest BCUT2D eigenvalue weighted by atomic mass is 10.0. The van der Waals surface area contributed by atoms with Crippen molar-refractivity contribution in [1.82, 2.24) is 0 Å². The van der Waals surface area contributed by atoms with Crippen LogP contribution in [0.2, 0.25) is 0 Å². The quantitative estimate of drug-likeness (QED) is 0.661. The second-order valence-corrected chi connectivity index (χ2v) is 5.18. The summed E-state index contributed by atoms with van der Waals surface area (Å²) in [5.41, 5.74) is 2.22. The Bertz CT molecular complexity index is 729. The molecule has 0 amide bonds. The minimum Gasteiger partial charge on any atom is -0.378 e. The van der Waals surface area contributed by atoms with Crippen LogP contribution in [0.1, 0.15) is 24.9 Å². The molecule has 3 rings (SSSR count). The molecule has 106 valence electrons. The molecule has 0 aliphatic rings. The molecule has 0 saturated heterocycles. The van der Waals surface area contributed by atoms with Crippen LogP contribution < -0.4 is 5.32 Å². The maximum atomic E-state index is 13.1. The Morgan fingerprint density at radius 3 is 2.38 bits per heavy atom. The lowest BCUT2D eigenvalue weighted by Crippen LogP contribution is -2.09. The zero-order valence-corrected chi connectivity index (χ0v) is 12.0. The maximum Gasteiger partial charge on any atom is 0.123 e. The molecule has 0 radical (unpaired) electrons. The summed E-state index contributed by atoms with van der Waals surface area (Å²) in [6.45, 7) is 2.13. The molecule has 0 aliphatic heterocycles. The highest BCUT2D eigenvalue weighted by atomic mass is 19.1. The lowest BCUT2D eigenvalue weighted by Gasteiger charge is -2.20. The van der Waals surface area contributed by atoms with Crippen molar-refractivity contribution in [1.29, 1.82) is 0 Å². The summed E-state index contributed by atoms with van der Waals surface area (Å²) in [4.78, 5) is 0. The molecule has 1 nitrogen and oxygen atoms in total. The Kier molecular flexibility index (Phi) is 3.87. The van der Waals surface area contributed by atoms with Crippen LogP contribution in [0, 0.1) is 5.82 Å². The highest BCUT2D eigenvalue weighted by molar-refractivity contribution is 5.93. The number of hydrogen-bond donors (Lipinski definition) is 1. The van der Waals surface area contributed by atoms with Crippen molar-refractivity contribution >= 4 is 16.5 Å². The zero-order valence-electron chi connectivity index (χ0n) is 12.0. The van der Waals surface area contributed by atoms with Gasteiger partial charge in [-0.2, -0.15) is 0 Å². The first-order chi connectivity index (χ1) is 10.3. The van der Waals surface area contributed by atoms with E-state index in [4.69, 9.17) is 0 Å². The van der Waals surface area contributed by atoms with E-state index in [0.717, 1.165) is 17.7 Å². The summed E-state index contributed by atoms with van der Waals surface area (Å²) in [5, 5.41) is 6.01. The molecule has 3 aromatic rings. The Hall–Kier alpha value is -2.35. The van der Waals surface area contributed by atoms with Crippen LogP contribution in [0.4, 0.5) is 10.1 Å². The standard InChI is InChI=1S/C19H18FN/c1-2-18(15-10-12-16(20)13-11-15)21-19-9-5-7-14-6-3-4-8-17(14)19/h3-13,18,21H,2H2,1H3. The van der Waals surface area contributed by atoms with Crippen LogP contribution in [0.3, 0.4) is 0 Å². The van der Waals surface area contributed by atoms with Crippen LogP contribution in [-0.4, -0.2) is 0 Å². The Morgan fingerprint density at radius 1 is 0.905 bits per heavy atom. The number of hydrogen-bond acceptors (Lipinski definition) is 1. The van der Waals surface area contributed by atoms with E-state index in [2.05, 4.69) is 42.6 Å². The summed E-state index contributed by atoms with van der Waals surface area (Å²) in [6, 6.07) is 21.5. The minimum atomic E-state index is -0.196. The molecular formula is C19H18FN. The van der Waals surface area contributed by atoms with Crippen LogP contribution in [0.5, 0.6) is 0 Å². The topological polar surface area (TPSA) is 12.0 Å². The fourth-order valence-corrected chi connectivity index (χ4v) is 2.66. The van der Waals surface area contributed by atoms with Gasteiger partial charge in [-0.25, -0.2) is 4.39 Å². The molecule has 0 aromatic heterocycles. The van der Waals surface area contributed by atoms with Gasteiger partial charge in [0.1, 0.15) is 5.82 Å². The zero-order chi connectivity index (χ0) is 14.7. The number of anilines is 1. The van der Waals surface area contributed by atoms with E-state index in [1.165, 1.54) is 22.9 Å². The SMILES string of the molecule is CCC(Nc1cccc2ccccc12)c1ccc(F)cc1. The molecule has 1 atom stereocenters. The van der Waals surface area contributed by atoms with E-state index in [1.807, 2.05) is 24.3 Å². The average molecular weight is 279 g/mol. The van der Waals surface area contributed by atoms with Crippen molar-refractivity contribution in [3.05, 3.63) is 78.1 Å². The molecule has 0 heterocycles. The monoisotopic (exact) mass is 279 g/mol.